The van der Waals surface area contributed by atoms with Crippen LogP contribution < -0.4 is 10.1 Å². The minimum atomic E-state index is -0.939. The minimum absolute atomic E-state index is 0.139. The molecular formula is C23H20N2O7. The van der Waals surface area contributed by atoms with Crippen LogP contribution in [0, 0.1) is 0 Å². The second kappa shape index (κ2) is 10.1. The third kappa shape index (κ3) is 5.39. The van der Waals surface area contributed by atoms with Gasteiger partial charge in [0, 0.05) is 18.8 Å². The number of nitrogens with one attached hydrogen (secondary N) is 1. The Morgan fingerprint density at radius 3 is 2.44 bits per heavy atom. The van der Waals surface area contributed by atoms with Crippen molar-refractivity contribution in [2.24, 2.45) is 0 Å². The first-order chi connectivity index (χ1) is 15.4. The molecule has 1 amide bonds. The Hall–Kier alpha value is -4.40. The van der Waals surface area contributed by atoms with Crippen molar-refractivity contribution in [3.8, 4) is 17.2 Å². The van der Waals surface area contributed by atoms with Gasteiger partial charge < -0.3 is 25.0 Å². The molecule has 2 aromatic carbocycles. The van der Waals surface area contributed by atoms with Crippen molar-refractivity contribution in [2.45, 2.75) is 12.5 Å². The van der Waals surface area contributed by atoms with Gasteiger partial charge in [0.05, 0.1) is 12.7 Å². The van der Waals surface area contributed by atoms with Crippen molar-refractivity contribution in [3.05, 3.63) is 83.7 Å². The van der Waals surface area contributed by atoms with E-state index >= 15 is 0 Å². The van der Waals surface area contributed by atoms with Crippen LogP contribution in [0.3, 0.4) is 0 Å². The zero-order valence-electron chi connectivity index (χ0n) is 17.0. The van der Waals surface area contributed by atoms with Crippen molar-refractivity contribution >= 4 is 17.8 Å². The number of esters is 2. The summed E-state index contributed by atoms with van der Waals surface area (Å²) in [4.78, 5) is 40.6. The highest BCUT2D eigenvalue weighted by atomic mass is 16.5. The molecule has 32 heavy (non-hydrogen) atoms. The molecule has 9 heteroatoms. The van der Waals surface area contributed by atoms with E-state index in [1.54, 1.807) is 24.3 Å². The number of methoxy groups -OCH3 is 1. The monoisotopic (exact) mass is 436 g/mol. The van der Waals surface area contributed by atoms with Crippen LogP contribution in [-0.2, 0) is 16.0 Å². The first-order valence-electron chi connectivity index (χ1n) is 9.50. The number of hydrogen-bond acceptors (Lipinski definition) is 8. The Morgan fingerprint density at radius 2 is 1.78 bits per heavy atom. The van der Waals surface area contributed by atoms with Crippen LogP contribution in [-0.4, -0.2) is 46.2 Å². The molecule has 0 bridgehead atoms. The summed E-state index contributed by atoms with van der Waals surface area (Å²) in [5.74, 6) is -2.74. The van der Waals surface area contributed by atoms with Crippen LogP contribution in [0.4, 0.5) is 0 Å². The minimum Gasteiger partial charge on any atom is -0.504 e. The van der Waals surface area contributed by atoms with E-state index in [4.69, 9.17) is 9.47 Å². The van der Waals surface area contributed by atoms with Crippen molar-refractivity contribution < 1.29 is 34.1 Å². The molecule has 0 fully saturated rings. The summed E-state index contributed by atoms with van der Waals surface area (Å²) in [6, 6.07) is 12.5. The average Bonchev–Trinajstić information content (AvgIpc) is 2.81. The molecule has 1 aromatic heterocycles. The van der Waals surface area contributed by atoms with Gasteiger partial charge in [-0.25, -0.2) is 9.59 Å². The Kier molecular flexibility index (Phi) is 7.02. The van der Waals surface area contributed by atoms with E-state index in [9.17, 15) is 24.6 Å². The molecule has 0 aliphatic rings. The number of aromatic hydroxyl groups is 2. The number of benzene rings is 2. The molecule has 0 saturated carbocycles. The summed E-state index contributed by atoms with van der Waals surface area (Å²) in [5.41, 5.74) is 0.795. The summed E-state index contributed by atoms with van der Waals surface area (Å²) in [6.07, 6.45) is 3.06. The zero-order chi connectivity index (χ0) is 23.1. The molecule has 0 unspecified atom stereocenters. The topological polar surface area (TPSA) is 135 Å². The van der Waals surface area contributed by atoms with Gasteiger partial charge >= 0.3 is 11.9 Å². The Morgan fingerprint density at radius 1 is 1.03 bits per heavy atom. The van der Waals surface area contributed by atoms with Gasteiger partial charge in [0.1, 0.15) is 17.4 Å². The Bertz CT molecular complexity index is 1110. The third-order valence-electron chi connectivity index (χ3n) is 4.52. The average molecular weight is 436 g/mol. The Labute approximate surface area is 183 Å². The molecule has 0 saturated heterocycles. The second-order valence-electron chi connectivity index (χ2n) is 6.70. The quantitative estimate of drug-likeness (QED) is 0.292. The number of para-hydroxylation sites is 1. The van der Waals surface area contributed by atoms with Crippen LogP contribution in [0.2, 0.25) is 0 Å². The summed E-state index contributed by atoms with van der Waals surface area (Å²) < 4.78 is 9.99. The zero-order valence-corrected chi connectivity index (χ0v) is 17.0. The highest BCUT2D eigenvalue weighted by molar-refractivity contribution is 5.96. The fraction of sp³-hybridized carbons (Fsp3) is 0.130. The van der Waals surface area contributed by atoms with Crippen LogP contribution >= 0.6 is 0 Å². The van der Waals surface area contributed by atoms with Crippen LogP contribution in [0.25, 0.3) is 0 Å². The predicted molar refractivity (Wildman–Crippen MR) is 112 cm³/mol. The van der Waals surface area contributed by atoms with Crippen molar-refractivity contribution in [1.82, 2.24) is 10.3 Å². The largest absolute Gasteiger partial charge is 0.504 e. The lowest BCUT2D eigenvalue weighted by Gasteiger charge is -2.17. The molecule has 164 valence electrons. The van der Waals surface area contributed by atoms with E-state index in [0.717, 1.165) is 0 Å². The van der Waals surface area contributed by atoms with Gasteiger partial charge in [-0.2, -0.15) is 0 Å². The van der Waals surface area contributed by atoms with Crippen molar-refractivity contribution in [2.75, 3.05) is 7.11 Å². The maximum atomic E-state index is 12.4. The number of hydrogen-bond donors (Lipinski definition) is 3. The maximum Gasteiger partial charge on any atom is 0.347 e. The maximum absolute atomic E-state index is 12.4. The summed E-state index contributed by atoms with van der Waals surface area (Å²) in [7, 11) is 1.23. The fourth-order valence-electron chi connectivity index (χ4n) is 2.86. The predicted octanol–water partition coefficient (Wildman–Crippen LogP) is 2.23. The van der Waals surface area contributed by atoms with Gasteiger partial charge in [0.2, 0.25) is 0 Å². The second-order valence-corrected chi connectivity index (χ2v) is 6.70. The van der Waals surface area contributed by atoms with Gasteiger partial charge in [-0.05, 0) is 42.0 Å². The van der Waals surface area contributed by atoms with Crippen molar-refractivity contribution in [1.29, 1.82) is 0 Å². The van der Waals surface area contributed by atoms with E-state index in [-0.39, 0.29) is 17.7 Å². The van der Waals surface area contributed by atoms with Gasteiger partial charge in [0.15, 0.2) is 11.5 Å². The van der Waals surface area contributed by atoms with E-state index in [1.807, 2.05) is 0 Å². The lowest BCUT2D eigenvalue weighted by atomic mass is 10.1. The molecule has 3 rings (SSSR count). The van der Waals surface area contributed by atoms with E-state index in [1.165, 1.54) is 49.8 Å². The number of phenolic OH excluding ortho intramolecular Hbond substituents is 2. The number of aromatic nitrogens is 1. The number of amides is 1. The molecule has 0 radical (unpaired) electrons. The number of pyridine rings is 1. The number of rotatable bonds is 7. The summed E-state index contributed by atoms with van der Waals surface area (Å²) >= 11 is 0. The van der Waals surface area contributed by atoms with Crippen LogP contribution in [0.1, 0.15) is 26.3 Å². The van der Waals surface area contributed by atoms with E-state index < -0.39 is 35.4 Å². The smallest absolute Gasteiger partial charge is 0.347 e. The third-order valence-corrected chi connectivity index (χ3v) is 4.52. The van der Waals surface area contributed by atoms with Crippen LogP contribution in [0.5, 0.6) is 17.2 Å². The van der Waals surface area contributed by atoms with Crippen LogP contribution in [0.15, 0.2) is 67.0 Å². The molecule has 0 aliphatic carbocycles. The molecule has 3 N–H and O–H groups in total. The SMILES string of the molecule is COC(=O)[C@H](Cc1ccc(OC(=O)c2cccc(O)c2O)cc1)NC(=O)c1cccnc1. The Balaban J connectivity index is 1.68. The van der Waals surface area contributed by atoms with Crippen molar-refractivity contribution in [3.63, 3.8) is 0 Å². The highest BCUT2D eigenvalue weighted by Crippen LogP contribution is 2.29. The normalized spacial score (nSPS) is 11.3. The highest BCUT2D eigenvalue weighted by Gasteiger charge is 2.23. The van der Waals surface area contributed by atoms with E-state index in [0.29, 0.717) is 11.1 Å². The number of carbonyl (C=O) groups is 3. The summed E-state index contributed by atoms with van der Waals surface area (Å²) in [5, 5.41) is 21.9. The number of nitrogens with zero attached hydrogens (tertiary/aromatic N) is 1. The summed E-state index contributed by atoms with van der Waals surface area (Å²) in [6.45, 7) is 0. The molecule has 0 spiro atoms. The molecule has 3 aromatic rings. The number of carbonyl (C=O) groups excluding carboxylic acids is 3. The lowest BCUT2D eigenvalue weighted by Crippen LogP contribution is -2.43. The van der Waals surface area contributed by atoms with Gasteiger partial charge in [-0.3, -0.25) is 9.78 Å². The molecule has 1 heterocycles. The molecule has 1 atom stereocenters. The standard InChI is InChI=1S/C23H20N2O7/c1-31-23(30)18(25-21(28)15-4-3-11-24-13-15)12-14-7-9-16(10-8-14)32-22(29)17-5-2-6-19(26)20(17)27/h2-11,13,18,26-27H,12H2,1H3,(H,25,28)/t18-/m0/s1. The van der Waals surface area contributed by atoms with E-state index in [2.05, 4.69) is 10.3 Å². The van der Waals surface area contributed by atoms with Gasteiger partial charge in [-0.1, -0.05) is 18.2 Å². The number of ether oxygens (including phenoxy) is 2. The molecule has 0 aliphatic heterocycles. The fourth-order valence-corrected chi connectivity index (χ4v) is 2.86. The van der Waals surface area contributed by atoms with Gasteiger partial charge in [0.25, 0.3) is 5.91 Å². The molecular weight excluding hydrogens is 416 g/mol. The first kappa shape index (κ1) is 22.3. The van der Waals surface area contributed by atoms with Gasteiger partial charge in [-0.15, -0.1) is 0 Å². The lowest BCUT2D eigenvalue weighted by molar-refractivity contribution is -0.142. The first-order valence-corrected chi connectivity index (χ1v) is 9.50. The number of phenols is 2. The molecule has 9 nitrogen and oxygen atoms in total.